The second-order valence-corrected chi connectivity index (χ2v) is 5.04. The summed E-state index contributed by atoms with van der Waals surface area (Å²) in [6, 6.07) is 0. The van der Waals surface area contributed by atoms with Crippen LogP contribution in [0.5, 0.6) is 0 Å². The lowest BCUT2D eigenvalue weighted by Gasteiger charge is -2.26. The minimum Gasteiger partial charge on any atom is -0.387 e. The van der Waals surface area contributed by atoms with Crippen LogP contribution >= 0.6 is 15.9 Å². The third kappa shape index (κ3) is 3.03. The quantitative estimate of drug-likeness (QED) is 0.916. The molecule has 86 valence electrons. The molecule has 0 fully saturated rings. The van der Waals surface area contributed by atoms with E-state index in [4.69, 9.17) is 4.74 Å². The van der Waals surface area contributed by atoms with Crippen molar-refractivity contribution in [3.05, 3.63) is 16.4 Å². The van der Waals surface area contributed by atoms with Gasteiger partial charge in [-0.15, -0.1) is 0 Å². The molecular weight excluding hydrogens is 260 g/mol. The summed E-state index contributed by atoms with van der Waals surface area (Å²) in [5.41, 5.74) is 0.434. The molecular formula is C10H17BrN2O2. The standard InChI is InChI=1S/C10H17BrN2O2/c1-10(2,15-4)5-8(14)9-7(11)6-12-13(9)3/h6,8,14H,5H2,1-4H3. The van der Waals surface area contributed by atoms with Gasteiger partial charge in [-0.05, 0) is 29.8 Å². The normalized spacial score (nSPS) is 14.3. The number of ether oxygens (including phenoxy) is 1. The van der Waals surface area contributed by atoms with Gasteiger partial charge in [0.2, 0.25) is 0 Å². The molecule has 0 aromatic carbocycles. The SMILES string of the molecule is COC(C)(C)CC(O)c1c(Br)cnn1C. The Morgan fingerprint density at radius 2 is 2.27 bits per heavy atom. The van der Waals surface area contributed by atoms with Crippen LogP contribution < -0.4 is 0 Å². The summed E-state index contributed by atoms with van der Waals surface area (Å²) in [4.78, 5) is 0. The first kappa shape index (κ1) is 12.7. The topological polar surface area (TPSA) is 47.3 Å². The van der Waals surface area contributed by atoms with Gasteiger partial charge in [0.1, 0.15) is 0 Å². The van der Waals surface area contributed by atoms with Crippen LogP contribution in [0.2, 0.25) is 0 Å². The van der Waals surface area contributed by atoms with E-state index < -0.39 is 6.10 Å². The van der Waals surface area contributed by atoms with E-state index in [1.54, 1.807) is 18.0 Å². The summed E-state index contributed by atoms with van der Waals surface area (Å²) in [5.74, 6) is 0. The lowest BCUT2D eigenvalue weighted by molar-refractivity contribution is -0.0219. The summed E-state index contributed by atoms with van der Waals surface area (Å²) >= 11 is 3.36. The van der Waals surface area contributed by atoms with Gasteiger partial charge >= 0.3 is 0 Å². The number of aliphatic hydroxyl groups excluding tert-OH is 1. The Labute approximate surface area is 98.4 Å². The number of hydrogen-bond donors (Lipinski definition) is 1. The highest BCUT2D eigenvalue weighted by atomic mass is 79.9. The number of methoxy groups -OCH3 is 1. The Hall–Kier alpha value is -0.390. The van der Waals surface area contributed by atoms with Crippen LogP contribution in [-0.4, -0.2) is 27.6 Å². The maximum absolute atomic E-state index is 10.1. The maximum Gasteiger partial charge on any atom is 0.0995 e. The van der Waals surface area contributed by atoms with Crippen LogP contribution in [0.4, 0.5) is 0 Å². The van der Waals surface area contributed by atoms with E-state index in [9.17, 15) is 5.11 Å². The minimum atomic E-state index is -0.582. The third-order valence-electron chi connectivity index (χ3n) is 2.49. The Morgan fingerprint density at radius 3 is 2.67 bits per heavy atom. The van der Waals surface area contributed by atoms with Crippen molar-refractivity contribution in [2.45, 2.75) is 32.0 Å². The molecule has 1 rings (SSSR count). The molecule has 1 heterocycles. The summed E-state index contributed by atoms with van der Waals surface area (Å²) in [6.45, 7) is 3.89. The second kappa shape index (κ2) is 4.63. The molecule has 0 saturated heterocycles. The highest BCUT2D eigenvalue weighted by Gasteiger charge is 2.25. The lowest BCUT2D eigenvalue weighted by atomic mass is 9.99. The van der Waals surface area contributed by atoms with Crippen LogP contribution in [0.15, 0.2) is 10.7 Å². The van der Waals surface area contributed by atoms with Crippen LogP contribution in [0, 0.1) is 0 Å². The van der Waals surface area contributed by atoms with Crippen molar-refractivity contribution >= 4 is 15.9 Å². The molecule has 1 aromatic rings. The summed E-state index contributed by atoms with van der Waals surface area (Å²) in [5, 5.41) is 14.1. The van der Waals surface area contributed by atoms with Gasteiger partial charge < -0.3 is 9.84 Å². The molecule has 15 heavy (non-hydrogen) atoms. The van der Waals surface area contributed by atoms with Crippen molar-refractivity contribution < 1.29 is 9.84 Å². The van der Waals surface area contributed by atoms with Crippen molar-refractivity contribution in [3.63, 3.8) is 0 Å². The zero-order valence-electron chi connectivity index (χ0n) is 9.49. The lowest BCUT2D eigenvalue weighted by Crippen LogP contribution is -2.26. The van der Waals surface area contributed by atoms with E-state index in [2.05, 4.69) is 21.0 Å². The molecule has 0 aliphatic heterocycles. The van der Waals surface area contributed by atoms with Crippen LogP contribution in [-0.2, 0) is 11.8 Å². The smallest absolute Gasteiger partial charge is 0.0995 e. The van der Waals surface area contributed by atoms with Gasteiger partial charge in [-0.25, -0.2) is 0 Å². The van der Waals surface area contributed by atoms with Crippen molar-refractivity contribution in [1.29, 1.82) is 0 Å². The van der Waals surface area contributed by atoms with Crippen LogP contribution in [0.3, 0.4) is 0 Å². The van der Waals surface area contributed by atoms with E-state index in [1.807, 2.05) is 20.9 Å². The predicted octanol–water partition coefficient (Wildman–Crippen LogP) is 2.03. The van der Waals surface area contributed by atoms with Gasteiger partial charge in [-0.3, -0.25) is 4.68 Å². The number of aliphatic hydroxyl groups is 1. The Balaban J connectivity index is 2.82. The van der Waals surface area contributed by atoms with Crippen molar-refractivity contribution in [2.75, 3.05) is 7.11 Å². The van der Waals surface area contributed by atoms with E-state index in [-0.39, 0.29) is 5.60 Å². The molecule has 0 saturated carbocycles. The first-order valence-corrected chi connectivity index (χ1v) is 5.57. The average Bonchev–Trinajstić information content (AvgIpc) is 2.45. The van der Waals surface area contributed by atoms with Gasteiger partial charge in [0.05, 0.1) is 28.1 Å². The molecule has 1 atom stereocenters. The molecule has 1 aromatic heterocycles. The summed E-state index contributed by atoms with van der Waals surface area (Å²) in [7, 11) is 3.45. The molecule has 0 amide bonds. The first-order chi connectivity index (χ1) is 6.87. The number of nitrogens with zero attached hydrogens (tertiary/aromatic N) is 2. The van der Waals surface area contributed by atoms with E-state index in [1.165, 1.54) is 0 Å². The average molecular weight is 277 g/mol. The first-order valence-electron chi connectivity index (χ1n) is 4.78. The zero-order chi connectivity index (χ0) is 11.6. The number of rotatable bonds is 4. The van der Waals surface area contributed by atoms with E-state index >= 15 is 0 Å². The molecule has 5 heteroatoms. The Kier molecular flexibility index (Phi) is 3.92. The number of hydrogen-bond acceptors (Lipinski definition) is 3. The summed E-state index contributed by atoms with van der Waals surface area (Å²) < 4.78 is 7.77. The molecule has 0 spiro atoms. The molecule has 0 bridgehead atoms. The highest BCUT2D eigenvalue weighted by molar-refractivity contribution is 9.10. The third-order valence-corrected chi connectivity index (χ3v) is 3.10. The molecule has 0 aliphatic carbocycles. The molecule has 4 nitrogen and oxygen atoms in total. The van der Waals surface area contributed by atoms with Gasteiger partial charge in [0.25, 0.3) is 0 Å². The molecule has 1 unspecified atom stereocenters. The summed E-state index contributed by atoms with van der Waals surface area (Å²) in [6.07, 6.45) is 1.63. The number of aryl methyl sites for hydroxylation is 1. The van der Waals surface area contributed by atoms with E-state index in [0.29, 0.717) is 6.42 Å². The van der Waals surface area contributed by atoms with E-state index in [0.717, 1.165) is 10.2 Å². The zero-order valence-corrected chi connectivity index (χ0v) is 11.1. The minimum absolute atomic E-state index is 0.344. The molecule has 1 N–H and O–H groups in total. The van der Waals surface area contributed by atoms with Crippen molar-refractivity contribution in [1.82, 2.24) is 9.78 Å². The second-order valence-electron chi connectivity index (χ2n) is 4.19. The van der Waals surface area contributed by atoms with Gasteiger partial charge in [0, 0.05) is 20.6 Å². The monoisotopic (exact) mass is 276 g/mol. The fourth-order valence-corrected chi connectivity index (χ4v) is 2.05. The van der Waals surface area contributed by atoms with Crippen LogP contribution in [0.1, 0.15) is 32.1 Å². The van der Waals surface area contributed by atoms with Gasteiger partial charge in [-0.2, -0.15) is 5.10 Å². The van der Waals surface area contributed by atoms with Gasteiger partial charge in [0.15, 0.2) is 0 Å². The fourth-order valence-electron chi connectivity index (χ4n) is 1.44. The number of aromatic nitrogens is 2. The Bertz CT molecular complexity index is 317. The van der Waals surface area contributed by atoms with Gasteiger partial charge in [-0.1, -0.05) is 0 Å². The largest absolute Gasteiger partial charge is 0.387 e. The maximum atomic E-state index is 10.1. The number of halogens is 1. The molecule has 0 radical (unpaired) electrons. The predicted molar refractivity (Wildman–Crippen MR) is 61.6 cm³/mol. The Morgan fingerprint density at radius 1 is 1.67 bits per heavy atom. The highest BCUT2D eigenvalue weighted by Crippen LogP contribution is 2.29. The van der Waals surface area contributed by atoms with Crippen molar-refractivity contribution in [2.24, 2.45) is 7.05 Å². The van der Waals surface area contributed by atoms with Crippen LogP contribution in [0.25, 0.3) is 0 Å². The molecule has 0 aliphatic rings. The van der Waals surface area contributed by atoms with Crippen molar-refractivity contribution in [3.8, 4) is 0 Å². The fraction of sp³-hybridized carbons (Fsp3) is 0.700.